The topological polar surface area (TPSA) is 15.3 Å². The van der Waals surface area contributed by atoms with E-state index in [1.54, 1.807) is 0 Å². The zero-order valence-electron chi connectivity index (χ0n) is 10.6. The Morgan fingerprint density at radius 3 is 2.71 bits per heavy atom. The van der Waals surface area contributed by atoms with Crippen molar-refractivity contribution in [3.8, 4) is 0 Å². The lowest BCUT2D eigenvalue weighted by Crippen LogP contribution is -2.44. The van der Waals surface area contributed by atoms with Gasteiger partial charge in [0, 0.05) is 23.1 Å². The molecule has 17 heavy (non-hydrogen) atoms. The number of likely N-dealkylation sites (N-methyl/N-ethyl adjacent to an activating group) is 1. The maximum atomic E-state index is 3.73. The van der Waals surface area contributed by atoms with Crippen LogP contribution >= 0.6 is 15.9 Å². The van der Waals surface area contributed by atoms with Gasteiger partial charge in [-0.1, -0.05) is 28.1 Å². The summed E-state index contributed by atoms with van der Waals surface area (Å²) in [6.45, 7) is 4.66. The molecule has 1 saturated heterocycles. The highest BCUT2D eigenvalue weighted by molar-refractivity contribution is 9.10. The summed E-state index contributed by atoms with van der Waals surface area (Å²) in [4.78, 5) is 2.41. The lowest BCUT2D eigenvalue weighted by atomic mass is 10.0. The van der Waals surface area contributed by atoms with E-state index >= 15 is 0 Å². The molecule has 0 aromatic heterocycles. The summed E-state index contributed by atoms with van der Waals surface area (Å²) in [6.07, 6.45) is 2.60. The van der Waals surface area contributed by atoms with Gasteiger partial charge in [0.15, 0.2) is 0 Å². The van der Waals surface area contributed by atoms with Gasteiger partial charge in [-0.3, -0.25) is 0 Å². The van der Waals surface area contributed by atoms with Crippen LogP contribution in [0.1, 0.15) is 31.4 Å². The number of hydrogen-bond donors (Lipinski definition) is 1. The van der Waals surface area contributed by atoms with E-state index in [-0.39, 0.29) is 0 Å². The quantitative estimate of drug-likeness (QED) is 0.921. The molecule has 2 atom stereocenters. The first-order chi connectivity index (χ1) is 8.15. The van der Waals surface area contributed by atoms with Gasteiger partial charge in [0.1, 0.15) is 0 Å². The highest BCUT2D eigenvalue weighted by atomic mass is 79.9. The average Bonchev–Trinajstić information content (AvgIpc) is 2.29. The van der Waals surface area contributed by atoms with Crippen LogP contribution in [0.4, 0.5) is 0 Å². The molecule has 1 aliphatic heterocycles. The van der Waals surface area contributed by atoms with Gasteiger partial charge >= 0.3 is 0 Å². The second kappa shape index (κ2) is 5.98. The number of nitrogens with zero attached hydrogens (tertiary/aromatic N) is 1. The summed E-state index contributed by atoms with van der Waals surface area (Å²) < 4.78 is 1.14. The van der Waals surface area contributed by atoms with Crippen molar-refractivity contribution < 1.29 is 0 Å². The molecule has 3 heteroatoms. The number of rotatable bonds is 3. The van der Waals surface area contributed by atoms with Crippen molar-refractivity contribution in [3.05, 3.63) is 34.3 Å². The summed E-state index contributed by atoms with van der Waals surface area (Å²) in [5.74, 6) is 0. The van der Waals surface area contributed by atoms with Gasteiger partial charge < -0.3 is 10.2 Å². The Kier molecular flexibility index (Phi) is 4.60. The first-order valence-corrected chi connectivity index (χ1v) is 7.14. The minimum Gasteiger partial charge on any atom is -0.306 e. The molecule has 94 valence electrons. The molecule has 1 heterocycles. The van der Waals surface area contributed by atoms with E-state index in [4.69, 9.17) is 0 Å². The summed E-state index contributed by atoms with van der Waals surface area (Å²) >= 11 is 3.47. The fraction of sp³-hybridized carbons (Fsp3) is 0.571. The van der Waals surface area contributed by atoms with Crippen molar-refractivity contribution in [2.45, 2.75) is 31.8 Å². The Labute approximate surface area is 113 Å². The second-order valence-electron chi connectivity index (χ2n) is 5.04. The summed E-state index contributed by atoms with van der Waals surface area (Å²) in [5, 5.41) is 3.73. The predicted octanol–water partition coefficient (Wildman–Crippen LogP) is 3.19. The third-order valence-corrected chi connectivity index (χ3v) is 4.01. The molecule has 0 bridgehead atoms. The molecular formula is C14H21BrN2. The van der Waals surface area contributed by atoms with Crippen molar-refractivity contribution in [1.82, 2.24) is 10.2 Å². The van der Waals surface area contributed by atoms with Crippen LogP contribution in [0.15, 0.2) is 28.7 Å². The third-order valence-electron chi connectivity index (χ3n) is 3.48. The van der Waals surface area contributed by atoms with Crippen molar-refractivity contribution in [1.29, 1.82) is 0 Å². The lowest BCUT2D eigenvalue weighted by Gasteiger charge is -2.32. The zero-order chi connectivity index (χ0) is 12.3. The van der Waals surface area contributed by atoms with Gasteiger partial charge in [0.05, 0.1) is 0 Å². The maximum Gasteiger partial charge on any atom is 0.0294 e. The van der Waals surface area contributed by atoms with Gasteiger partial charge in [-0.15, -0.1) is 0 Å². The number of piperidine rings is 1. The number of halogens is 1. The molecule has 1 N–H and O–H groups in total. The molecule has 0 radical (unpaired) electrons. The van der Waals surface area contributed by atoms with Crippen molar-refractivity contribution in [3.63, 3.8) is 0 Å². The molecule has 2 nitrogen and oxygen atoms in total. The van der Waals surface area contributed by atoms with Gasteiger partial charge in [-0.05, 0) is 51.1 Å². The van der Waals surface area contributed by atoms with E-state index in [1.165, 1.54) is 31.5 Å². The number of likely N-dealkylation sites (tertiary alicyclic amines) is 1. The highest BCUT2D eigenvalue weighted by Crippen LogP contribution is 2.18. The first kappa shape index (κ1) is 13.1. The molecule has 0 amide bonds. The van der Waals surface area contributed by atoms with Crippen molar-refractivity contribution >= 4 is 15.9 Å². The SMILES string of the molecule is C[C@@H](NC1CCCN(C)C1)c1ccc(Br)cc1. The van der Waals surface area contributed by atoms with Crippen molar-refractivity contribution in [2.24, 2.45) is 0 Å². The van der Waals surface area contributed by atoms with E-state index in [0.717, 1.165) is 4.47 Å². The Bertz CT molecular complexity index is 350. The van der Waals surface area contributed by atoms with Crippen LogP contribution in [0.25, 0.3) is 0 Å². The van der Waals surface area contributed by atoms with E-state index < -0.39 is 0 Å². The number of hydrogen-bond acceptors (Lipinski definition) is 2. The van der Waals surface area contributed by atoms with Gasteiger partial charge in [0.2, 0.25) is 0 Å². The molecule has 1 unspecified atom stereocenters. The minimum absolute atomic E-state index is 0.430. The van der Waals surface area contributed by atoms with Crippen LogP contribution in [0.2, 0.25) is 0 Å². The standard InChI is InChI=1S/C14H21BrN2/c1-11(12-5-7-13(15)8-6-12)16-14-4-3-9-17(2)10-14/h5-8,11,14,16H,3-4,9-10H2,1-2H3/t11-,14?/m1/s1. The first-order valence-electron chi connectivity index (χ1n) is 6.35. The largest absolute Gasteiger partial charge is 0.306 e. The lowest BCUT2D eigenvalue weighted by molar-refractivity contribution is 0.218. The van der Waals surface area contributed by atoms with Crippen LogP contribution < -0.4 is 5.32 Å². The zero-order valence-corrected chi connectivity index (χ0v) is 12.2. The molecule has 1 aromatic carbocycles. The van der Waals surface area contributed by atoms with Crippen LogP contribution in [0.5, 0.6) is 0 Å². The summed E-state index contributed by atoms with van der Waals surface area (Å²) in [6, 6.07) is 9.66. The molecule has 2 rings (SSSR count). The summed E-state index contributed by atoms with van der Waals surface area (Å²) in [5.41, 5.74) is 1.36. The van der Waals surface area contributed by atoms with E-state index in [0.29, 0.717) is 12.1 Å². The molecule has 0 spiro atoms. The second-order valence-corrected chi connectivity index (χ2v) is 5.96. The number of benzene rings is 1. The molecule has 1 aliphatic rings. The van der Waals surface area contributed by atoms with E-state index in [2.05, 4.69) is 64.4 Å². The predicted molar refractivity (Wildman–Crippen MR) is 76.2 cm³/mol. The van der Waals surface area contributed by atoms with Crippen LogP contribution in [0.3, 0.4) is 0 Å². The number of nitrogens with one attached hydrogen (secondary N) is 1. The van der Waals surface area contributed by atoms with E-state index in [1.807, 2.05) is 0 Å². The van der Waals surface area contributed by atoms with Crippen LogP contribution in [0, 0.1) is 0 Å². The fourth-order valence-electron chi connectivity index (χ4n) is 2.50. The molecule has 1 aromatic rings. The normalized spacial score (nSPS) is 23.6. The Hall–Kier alpha value is -0.380. The average molecular weight is 297 g/mol. The Morgan fingerprint density at radius 2 is 2.06 bits per heavy atom. The van der Waals surface area contributed by atoms with Gasteiger partial charge in [-0.25, -0.2) is 0 Å². The highest BCUT2D eigenvalue weighted by Gasteiger charge is 2.18. The van der Waals surface area contributed by atoms with Crippen LogP contribution in [-0.2, 0) is 0 Å². The maximum absolute atomic E-state index is 3.73. The Balaban J connectivity index is 1.91. The Morgan fingerprint density at radius 1 is 1.35 bits per heavy atom. The fourth-order valence-corrected chi connectivity index (χ4v) is 2.77. The van der Waals surface area contributed by atoms with Crippen LogP contribution in [-0.4, -0.2) is 31.1 Å². The minimum atomic E-state index is 0.430. The van der Waals surface area contributed by atoms with Crippen molar-refractivity contribution in [2.75, 3.05) is 20.1 Å². The van der Waals surface area contributed by atoms with Gasteiger partial charge in [-0.2, -0.15) is 0 Å². The van der Waals surface area contributed by atoms with Gasteiger partial charge in [0.25, 0.3) is 0 Å². The molecule has 0 aliphatic carbocycles. The molecular weight excluding hydrogens is 276 g/mol. The molecule has 1 fully saturated rings. The smallest absolute Gasteiger partial charge is 0.0294 e. The third kappa shape index (κ3) is 3.80. The molecule has 0 saturated carbocycles. The monoisotopic (exact) mass is 296 g/mol. The van der Waals surface area contributed by atoms with E-state index in [9.17, 15) is 0 Å². The summed E-state index contributed by atoms with van der Waals surface area (Å²) in [7, 11) is 2.21.